The summed E-state index contributed by atoms with van der Waals surface area (Å²) < 4.78 is 28.5. The van der Waals surface area contributed by atoms with Gasteiger partial charge in [0.1, 0.15) is 0 Å². The molecule has 28 heavy (non-hydrogen) atoms. The van der Waals surface area contributed by atoms with Crippen LogP contribution in [0.25, 0.3) is 10.8 Å². The molecular formula is C22H25N3O2S. The predicted molar refractivity (Wildman–Crippen MR) is 114 cm³/mol. The van der Waals surface area contributed by atoms with E-state index in [1.807, 2.05) is 48.5 Å². The molecule has 0 unspecified atom stereocenters. The molecular weight excluding hydrogens is 370 g/mol. The third-order valence-corrected chi connectivity index (χ3v) is 6.72. The SMILES string of the molecule is CN1CCN(c2ccccc2CNS(=O)(=O)c2ccc3ccccc3c2)CC1. The van der Waals surface area contributed by atoms with E-state index in [1.54, 1.807) is 12.1 Å². The number of likely N-dealkylation sites (N-methyl/N-ethyl adjacent to an activating group) is 1. The number of piperazine rings is 1. The maximum atomic E-state index is 12.8. The number of rotatable bonds is 5. The first kappa shape index (κ1) is 18.9. The standard InChI is InChI=1S/C22H25N3O2S/c1-24-12-14-25(15-13-24)22-9-5-4-8-20(22)17-23-28(26,27)21-11-10-18-6-2-3-7-19(18)16-21/h2-11,16,23H,12-15,17H2,1H3. The Hall–Kier alpha value is -2.41. The lowest BCUT2D eigenvalue weighted by Crippen LogP contribution is -2.45. The minimum Gasteiger partial charge on any atom is -0.369 e. The molecule has 0 saturated carbocycles. The van der Waals surface area contributed by atoms with Crippen LogP contribution in [0, 0.1) is 0 Å². The number of hydrogen-bond donors (Lipinski definition) is 1. The quantitative estimate of drug-likeness (QED) is 0.721. The van der Waals surface area contributed by atoms with Crippen molar-refractivity contribution in [1.29, 1.82) is 0 Å². The highest BCUT2D eigenvalue weighted by atomic mass is 32.2. The van der Waals surface area contributed by atoms with Crippen LogP contribution in [0.3, 0.4) is 0 Å². The molecule has 0 bridgehead atoms. The number of anilines is 1. The molecule has 0 aromatic heterocycles. The van der Waals surface area contributed by atoms with E-state index in [-0.39, 0.29) is 6.54 Å². The molecule has 0 amide bonds. The van der Waals surface area contributed by atoms with Gasteiger partial charge in [-0.1, -0.05) is 48.5 Å². The second-order valence-corrected chi connectivity index (χ2v) is 9.02. The lowest BCUT2D eigenvalue weighted by atomic mass is 10.1. The zero-order valence-electron chi connectivity index (χ0n) is 16.0. The average Bonchev–Trinajstić information content (AvgIpc) is 2.73. The molecule has 6 heteroatoms. The largest absolute Gasteiger partial charge is 0.369 e. The van der Waals surface area contributed by atoms with Crippen molar-refractivity contribution < 1.29 is 8.42 Å². The van der Waals surface area contributed by atoms with Crippen LogP contribution in [0.1, 0.15) is 5.56 Å². The van der Waals surface area contributed by atoms with Crippen molar-refractivity contribution in [2.45, 2.75) is 11.4 Å². The molecule has 146 valence electrons. The van der Waals surface area contributed by atoms with E-state index in [4.69, 9.17) is 0 Å². The van der Waals surface area contributed by atoms with Crippen molar-refractivity contribution in [3.63, 3.8) is 0 Å². The molecule has 3 aromatic carbocycles. The highest BCUT2D eigenvalue weighted by Crippen LogP contribution is 2.23. The molecule has 0 spiro atoms. The second-order valence-electron chi connectivity index (χ2n) is 7.25. The highest BCUT2D eigenvalue weighted by Gasteiger charge is 2.19. The van der Waals surface area contributed by atoms with Gasteiger partial charge >= 0.3 is 0 Å². The van der Waals surface area contributed by atoms with E-state index >= 15 is 0 Å². The molecule has 0 radical (unpaired) electrons. The number of hydrogen-bond acceptors (Lipinski definition) is 4. The first-order valence-corrected chi connectivity index (χ1v) is 11.0. The second kappa shape index (κ2) is 7.91. The molecule has 5 nitrogen and oxygen atoms in total. The Bertz CT molecular complexity index is 1070. The van der Waals surface area contributed by atoms with Gasteiger partial charge in [0, 0.05) is 38.4 Å². The van der Waals surface area contributed by atoms with Gasteiger partial charge in [0.05, 0.1) is 4.90 Å². The molecule has 0 atom stereocenters. The zero-order chi connectivity index (χ0) is 19.6. The lowest BCUT2D eigenvalue weighted by molar-refractivity contribution is 0.312. The van der Waals surface area contributed by atoms with Gasteiger partial charge in [-0.3, -0.25) is 0 Å². The number of para-hydroxylation sites is 1. The maximum Gasteiger partial charge on any atom is 0.240 e. The fourth-order valence-electron chi connectivity index (χ4n) is 3.61. The number of fused-ring (bicyclic) bond motifs is 1. The summed E-state index contributed by atoms with van der Waals surface area (Å²) in [5, 5.41) is 1.95. The Balaban J connectivity index is 1.53. The molecule has 1 aliphatic rings. The molecule has 1 N–H and O–H groups in total. The van der Waals surface area contributed by atoms with Crippen LogP contribution in [0.2, 0.25) is 0 Å². The molecule has 1 saturated heterocycles. The lowest BCUT2D eigenvalue weighted by Gasteiger charge is -2.35. The summed E-state index contributed by atoms with van der Waals surface area (Å²) in [6.45, 7) is 4.20. The Kier molecular flexibility index (Phi) is 5.35. The highest BCUT2D eigenvalue weighted by molar-refractivity contribution is 7.89. The van der Waals surface area contributed by atoms with E-state index < -0.39 is 10.0 Å². The first-order valence-electron chi connectivity index (χ1n) is 9.53. The van der Waals surface area contributed by atoms with Crippen molar-refractivity contribution in [3.8, 4) is 0 Å². The van der Waals surface area contributed by atoms with Crippen LogP contribution in [0.4, 0.5) is 5.69 Å². The van der Waals surface area contributed by atoms with Crippen molar-refractivity contribution in [2.75, 3.05) is 38.1 Å². The smallest absolute Gasteiger partial charge is 0.240 e. The molecule has 0 aliphatic carbocycles. The van der Waals surface area contributed by atoms with Crippen LogP contribution in [0.15, 0.2) is 71.6 Å². The van der Waals surface area contributed by atoms with E-state index in [1.165, 1.54) is 0 Å². The summed E-state index contributed by atoms with van der Waals surface area (Å²) in [7, 11) is -1.46. The molecule has 1 heterocycles. The van der Waals surface area contributed by atoms with Gasteiger partial charge in [0.15, 0.2) is 0 Å². The topological polar surface area (TPSA) is 52.6 Å². The van der Waals surface area contributed by atoms with E-state index in [0.717, 1.165) is 48.2 Å². The molecule has 1 fully saturated rings. The number of sulfonamides is 1. The van der Waals surface area contributed by atoms with Gasteiger partial charge < -0.3 is 9.80 Å². The minimum absolute atomic E-state index is 0.275. The normalized spacial score (nSPS) is 15.8. The van der Waals surface area contributed by atoms with Gasteiger partial charge in [0.2, 0.25) is 10.0 Å². The fraction of sp³-hybridized carbons (Fsp3) is 0.273. The van der Waals surface area contributed by atoms with Crippen LogP contribution < -0.4 is 9.62 Å². The van der Waals surface area contributed by atoms with Crippen LogP contribution >= 0.6 is 0 Å². The summed E-state index contributed by atoms with van der Waals surface area (Å²) in [5.41, 5.74) is 2.10. The number of nitrogens with one attached hydrogen (secondary N) is 1. The van der Waals surface area contributed by atoms with Crippen molar-refractivity contribution >= 4 is 26.5 Å². The Labute approximate surface area is 166 Å². The molecule has 4 rings (SSSR count). The van der Waals surface area contributed by atoms with Gasteiger partial charge in [-0.2, -0.15) is 0 Å². The van der Waals surface area contributed by atoms with Gasteiger partial charge in [-0.05, 0) is 41.6 Å². The van der Waals surface area contributed by atoms with Crippen molar-refractivity contribution in [3.05, 3.63) is 72.3 Å². The maximum absolute atomic E-state index is 12.8. The number of benzene rings is 3. The zero-order valence-corrected chi connectivity index (χ0v) is 16.8. The third kappa shape index (κ3) is 4.04. The van der Waals surface area contributed by atoms with Gasteiger partial charge in [-0.15, -0.1) is 0 Å². The summed E-state index contributed by atoms with van der Waals surface area (Å²) in [4.78, 5) is 4.93. The predicted octanol–water partition coefficient (Wildman–Crippen LogP) is 3.07. The minimum atomic E-state index is -3.58. The van der Waals surface area contributed by atoms with Crippen molar-refractivity contribution in [1.82, 2.24) is 9.62 Å². The van der Waals surface area contributed by atoms with Crippen LogP contribution in [-0.4, -0.2) is 46.5 Å². The van der Waals surface area contributed by atoms with Gasteiger partial charge in [-0.25, -0.2) is 13.1 Å². The van der Waals surface area contributed by atoms with E-state index in [9.17, 15) is 8.42 Å². The number of nitrogens with zero attached hydrogens (tertiary/aromatic N) is 2. The van der Waals surface area contributed by atoms with Gasteiger partial charge in [0.25, 0.3) is 0 Å². The Morgan fingerprint density at radius 2 is 1.54 bits per heavy atom. The Morgan fingerprint density at radius 3 is 2.32 bits per heavy atom. The summed E-state index contributed by atoms with van der Waals surface area (Å²) in [5.74, 6) is 0. The summed E-state index contributed by atoms with van der Waals surface area (Å²) >= 11 is 0. The first-order chi connectivity index (χ1) is 13.5. The van der Waals surface area contributed by atoms with E-state index in [0.29, 0.717) is 4.90 Å². The average molecular weight is 396 g/mol. The summed E-state index contributed by atoms with van der Waals surface area (Å²) in [6, 6.07) is 21.0. The fourth-order valence-corrected chi connectivity index (χ4v) is 4.65. The van der Waals surface area contributed by atoms with E-state index in [2.05, 4.69) is 27.6 Å². The van der Waals surface area contributed by atoms with Crippen LogP contribution in [-0.2, 0) is 16.6 Å². The van der Waals surface area contributed by atoms with Crippen LogP contribution in [0.5, 0.6) is 0 Å². The molecule has 3 aromatic rings. The molecule has 1 aliphatic heterocycles. The monoisotopic (exact) mass is 395 g/mol. The summed E-state index contributed by atoms with van der Waals surface area (Å²) in [6.07, 6.45) is 0. The third-order valence-electron chi connectivity index (χ3n) is 5.32. The van der Waals surface area contributed by atoms with Crippen molar-refractivity contribution in [2.24, 2.45) is 0 Å². The Morgan fingerprint density at radius 1 is 0.857 bits per heavy atom.